The van der Waals surface area contributed by atoms with E-state index in [0.717, 1.165) is 29.0 Å². The Morgan fingerprint density at radius 1 is 1.09 bits per heavy atom. The number of nitrogen functional groups attached to an aromatic ring is 1. The number of hydrogen-bond donors (Lipinski definition) is 9. The molecule has 1 saturated heterocycles. The number of likely N-dealkylation sites (N-methyl/N-ethyl adjacent to an activating group) is 1. The molecule has 3 heterocycles. The number of quaternary nitrogens is 1. The monoisotopic (exact) mass is 910 g/mol. The van der Waals surface area contributed by atoms with E-state index >= 15 is 0 Å². The Hall–Kier alpha value is -2.52. The van der Waals surface area contributed by atoms with Gasteiger partial charge in [-0.1, -0.05) is 25.6 Å². The van der Waals surface area contributed by atoms with Crippen LogP contribution in [0.1, 0.15) is 32.9 Å². The summed E-state index contributed by atoms with van der Waals surface area (Å²) < 4.78 is 62.1. The van der Waals surface area contributed by atoms with Crippen molar-refractivity contribution in [1.29, 1.82) is 0 Å². The highest BCUT2D eigenvalue weighted by Gasteiger charge is 2.50. The molecule has 2 aromatic heterocycles. The molecule has 0 spiro atoms. The maximum Gasteiger partial charge on any atom is 0.478 e. The summed E-state index contributed by atoms with van der Waals surface area (Å²) >= 11 is 0.953. The lowest BCUT2D eigenvalue weighted by Gasteiger charge is -2.32. The number of aliphatic hydroxyl groups is 3. The highest BCUT2D eigenvalue weighted by molar-refractivity contribution is 8.13. The zero-order valence-electron chi connectivity index (χ0n) is 31.9. The van der Waals surface area contributed by atoms with Crippen molar-refractivity contribution in [3.8, 4) is 0 Å². The molecule has 8 atom stereocenters. The van der Waals surface area contributed by atoms with Crippen molar-refractivity contribution in [2.75, 3.05) is 65.5 Å². The highest BCUT2D eigenvalue weighted by atomic mass is 32.2. The van der Waals surface area contributed by atoms with Crippen LogP contribution in [0, 0.1) is 5.41 Å². The molecule has 3 rings (SSSR count). The zero-order chi connectivity index (χ0) is 43.9. The van der Waals surface area contributed by atoms with Gasteiger partial charge in [0.15, 0.2) is 22.8 Å². The molecule has 2 amide bonds. The predicted molar refractivity (Wildman–Crippen MR) is 198 cm³/mol. The first-order valence-corrected chi connectivity index (χ1v) is 22.6. The lowest BCUT2D eigenvalue weighted by molar-refractivity contribution is -0.873. The number of hydrogen-bond acceptors (Lipinski definition) is 20. The van der Waals surface area contributed by atoms with Crippen LogP contribution >= 0.6 is 35.2 Å². The second-order valence-electron chi connectivity index (χ2n) is 14.6. The lowest BCUT2D eigenvalue weighted by atomic mass is 9.87. The van der Waals surface area contributed by atoms with Crippen LogP contribution in [-0.2, 0) is 50.7 Å². The molecule has 2 aromatic rings. The third-order valence-corrected chi connectivity index (χ3v) is 11.9. The molecule has 1 aliphatic rings. The molecular formula is C28H49N8O18P3S. The van der Waals surface area contributed by atoms with E-state index < -0.39 is 90.7 Å². The average Bonchev–Trinajstić information content (AvgIpc) is 3.63. The highest BCUT2D eigenvalue weighted by Crippen LogP contribution is 2.59. The molecule has 10 N–H and O–H groups in total. The molecule has 0 aliphatic carbocycles. The summed E-state index contributed by atoms with van der Waals surface area (Å²) in [5.74, 6) is -1.30. The fourth-order valence-corrected chi connectivity index (χ4v) is 8.77. The predicted octanol–water partition coefficient (Wildman–Crippen LogP) is -2.51. The van der Waals surface area contributed by atoms with Crippen molar-refractivity contribution in [2.45, 2.75) is 63.4 Å². The molecule has 1 aliphatic heterocycles. The molecule has 0 saturated carbocycles. The van der Waals surface area contributed by atoms with E-state index in [1.807, 2.05) is 21.1 Å². The van der Waals surface area contributed by atoms with Gasteiger partial charge in [-0.3, -0.25) is 32.6 Å². The van der Waals surface area contributed by atoms with E-state index in [9.17, 15) is 63.0 Å². The van der Waals surface area contributed by atoms with Gasteiger partial charge in [-0.15, -0.1) is 0 Å². The number of thioether (sulfide) groups is 1. The van der Waals surface area contributed by atoms with Crippen LogP contribution in [0.25, 0.3) is 11.2 Å². The van der Waals surface area contributed by atoms with Crippen molar-refractivity contribution >= 4 is 69.1 Å². The summed E-state index contributed by atoms with van der Waals surface area (Å²) in [7, 11) is -11.1. The fourth-order valence-electron chi connectivity index (χ4n) is 5.24. The van der Waals surface area contributed by atoms with Gasteiger partial charge in [0.2, 0.25) is 11.8 Å². The molecule has 0 aromatic carbocycles. The van der Waals surface area contributed by atoms with E-state index in [-0.39, 0.29) is 53.8 Å². The minimum absolute atomic E-state index is 0.0173. The zero-order valence-corrected chi connectivity index (χ0v) is 35.4. The van der Waals surface area contributed by atoms with Crippen LogP contribution in [0.4, 0.5) is 5.82 Å². The molecule has 1 fully saturated rings. The third kappa shape index (κ3) is 15.8. The topological polar surface area (TPSA) is 387 Å². The van der Waals surface area contributed by atoms with E-state index in [1.54, 1.807) is 0 Å². The van der Waals surface area contributed by atoms with Crippen LogP contribution in [0.2, 0.25) is 0 Å². The first-order chi connectivity index (χ1) is 26.6. The van der Waals surface area contributed by atoms with E-state index in [4.69, 9.17) is 15.0 Å². The molecular weight excluding hydrogens is 861 g/mol. The van der Waals surface area contributed by atoms with Gasteiger partial charge in [-0.25, -0.2) is 28.4 Å². The number of aliphatic hydroxyl groups excluding tert-OH is 3. The number of phosphoric acid groups is 3. The number of anilines is 1. The van der Waals surface area contributed by atoms with Crippen molar-refractivity contribution < 1.29 is 90.1 Å². The van der Waals surface area contributed by atoms with Gasteiger partial charge < -0.3 is 65.0 Å². The number of carbonyl (C=O) groups is 3. The van der Waals surface area contributed by atoms with Crippen LogP contribution in [0.3, 0.4) is 0 Å². The Balaban J connectivity index is 1.46. The number of amides is 2. The number of nitrogens with zero attached hydrogens (tertiary/aromatic N) is 5. The average molecular weight is 911 g/mol. The number of ether oxygens (including phenoxy) is 1. The molecule has 2 unspecified atom stereocenters. The third-order valence-electron chi connectivity index (χ3n) is 7.92. The molecule has 26 nitrogen and oxygen atoms in total. The molecule has 30 heteroatoms. The van der Waals surface area contributed by atoms with Gasteiger partial charge in [-0.2, -0.15) is 0 Å². The van der Waals surface area contributed by atoms with E-state index in [1.165, 1.54) is 13.8 Å². The van der Waals surface area contributed by atoms with Crippen LogP contribution in [0.5, 0.6) is 0 Å². The molecule has 0 radical (unpaired) electrons. The second kappa shape index (κ2) is 20.4. The number of nitrogens with one attached hydrogen (secondary N) is 2. The summed E-state index contributed by atoms with van der Waals surface area (Å²) in [4.78, 5) is 90.0. The number of rotatable bonds is 23. The largest absolute Gasteiger partial charge is 0.756 e. The van der Waals surface area contributed by atoms with Gasteiger partial charge in [0.1, 0.15) is 48.9 Å². The van der Waals surface area contributed by atoms with Crippen molar-refractivity contribution in [2.24, 2.45) is 5.41 Å². The van der Waals surface area contributed by atoms with Crippen LogP contribution in [0.15, 0.2) is 12.7 Å². The Kier molecular flexibility index (Phi) is 17.5. The number of aromatic nitrogens is 4. The first-order valence-electron chi connectivity index (χ1n) is 17.1. The van der Waals surface area contributed by atoms with Crippen molar-refractivity contribution in [3.63, 3.8) is 0 Å². The Bertz CT molecular complexity index is 1900. The second-order valence-corrected chi connectivity index (χ2v) is 19.9. The number of nitrogens with two attached hydrogens (primary N) is 1. The van der Waals surface area contributed by atoms with E-state index in [0.29, 0.717) is 11.0 Å². The van der Waals surface area contributed by atoms with Gasteiger partial charge in [0.05, 0.1) is 40.7 Å². The Morgan fingerprint density at radius 2 is 1.76 bits per heavy atom. The van der Waals surface area contributed by atoms with Gasteiger partial charge in [0.25, 0.3) is 7.82 Å². The quantitative estimate of drug-likeness (QED) is 0.0316. The standard InChI is InChI=1S/C28H49N8O18P3S/c1-28(2,23(41)26(42)31-7-6-18(38)30-8-9-58-19(39)10-16(37)11-36(3,4)5)13-51-57(48,49)54-56(46,47)50-12-17-22(53-55(43,44)45)21(40)27(52-17)35-15-34-20-24(29)32-14-33-25(20)35/h14-17,21-23,27,37,40-41H,6-13H2,1-5H3,(H7-,29,30,31,32,33,38,42,43,44,45,46,47,48,49)/t16-,17+,21+,22+,23-,27+/m0/s1. The SMILES string of the molecule is CC(C)(COP(=O)([O-])OP(=O)(O)OC[C@H]1O[C@@H](n2cnc3c(N)ncnc32)[C@H](O)[C@@H]1OP(=O)(O)O)[C@@H](O)C(=O)NCCC(=O)NCCSC(=O)C[C@H](O)C[N+](C)(C)C. The van der Waals surface area contributed by atoms with Gasteiger partial charge >= 0.3 is 15.6 Å². The summed E-state index contributed by atoms with van der Waals surface area (Å²) in [6.07, 6.45) is -7.95. The Morgan fingerprint density at radius 3 is 2.40 bits per heavy atom. The summed E-state index contributed by atoms with van der Waals surface area (Å²) in [6, 6.07) is 0. The minimum atomic E-state index is -5.76. The first kappa shape index (κ1) is 49.8. The summed E-state index contributed by atoms with van der Waals surface area (Å²) in [6.45, 7) is 0.580. The minimum Gasteiger partial charge on any atom is -0.756 e. The number of fused-ring (bicyclic) bond motifs is 1. The maximum atomic E-state index is 12.6. The number of phosphoric ester groups is 3. The molecule has 0 bridgehead atoms. The van der Waals surface area contributed by atoms with Crippen LogP contribution in [-0.4, -0.2) is 161 Å². The summed E-state index contributed by atoms with van der Waals surface area (Å²) in [5, 5.41) is 36.1. The fraction of sp³-hybridized carbons (Fsp3) is 0.714. The number of imidazole rings is 1. The molecule has 330 valence electrons. The summed E-state index contributed by atoms with van der Waals surface area (Å²) in [5.41, 5.74) is 4.17. The van der Waals surface area contributed by atoms with Crippen LogP contribution < -0.4 is 21.3 Å². The van der Waals surface area contributed by atoms with Crippen molar-refractivity contribution in [1.82, 2.24) is 30.2 Å². The number of carbonyl (C=O) groups excluding carboxylic acids is 3. The van der Waals surface area contributed by atoms with Gasteiger partial charge in [-0.05, 0) is 0 Å². The van der Waals surface area contributed by atoms with Gasteiger partial charge in [0, 0.05) is 37.1 Å². The smallest absolute Gasteiger partial charge is 0.478 e. The normalized spacial score (nSPS) is 22.2. The Labute approximate surface area is 335 Å². The van der Waals surface area contributed by atoms with E-state index in [2.05, 4.69) is 38.9 Å². The lowest BCUT2D eigenvalue weighted by Crippen LogP contribution is -2.46. The molecule has 58 heavy (non-hydrogen) atoms. The van der Waals surface area contributed by atoms with Crippen molar-refractivity contribution in [3.05, 3.63) is 12.7 Å². The maximum absolute atomic E-state index is 12.6.